The van der Waals surface area contributed by atoms with Crippen molar-refractivity contribution in [3.05, 3.63) is 200 Å². The predicted octanol–water partition coefficient (Wildman–Crippen LogP) is 17.3. The van der Waals surface area contributed by atoms with Gasteiger partial charge in [-0.05, 0) is 115 Å². The van der Waals surface area contributed by atoms with Gasteiger partial charge in [-0.2, -0.15) is 0 Å². The summed E-state index contributed by atoms with van der Waals surface area (Å²) < 4.78 is 5.33. The minimum absolute atomic E-state index is 1.14. The summed E-state index contributed by atoms with van der Waals surface area (Å²) >= 11 is 3.77. The quantitative estimate of drug-likeness (QED) is 0.161. The summed E-state index contributed by atoms with van der Waals surface area (Å²) in [5.41, 5.74) is 5.94. The Morgan fingerprint density at radius 2 is 0.864 bits per heavy atom. The van der Waals surface area contributed by atoms with Crippen molar-refractivity contribution < 1.29 is 0 Å². The lowest BCUT2D eigenvalue weighted by molar-refractivity contribution is 1.31. The fraction of sp³-hybridized carbons (Fsp3) is 0. The lowest BCUT2D eigenvalue weighted by atomic mass is 9.95. The fourth-order valence-corrected chi connectivity index (χ4v) is 11.9. The van der Waals surface area contributed by atoms with Gasteiger partial charge in [-0.3, -0.25) is 0 Å². The van der Waals surface area contributed by atoms with E-state index in [1.807, 2.05) is 22.7 Å². The second-order valence-electron chi connectivity index (χ2n) is 15.7. The predicted molar refractivity (Wildman–Crippen MR) is 260 cm³/mol. The van der Waals surface area contributed by atoms with E-state index in [4.69, 9.17) is 0 Å². The summed E-state index contributed by atoms with van der Waals surface area (Å²) in [4.78, 5) is 2.47. The molecule has 13 rings (SSSR count). The van der Waals surface area contributed by atoms with Crippen molar-refractivity contribution >= 4 is 134 Å². The van der Waals surface area contributed by atoms with Crippen LogP contribution in [0.2, 0.25) is 0 Å². The van der Waals surface area contributed by atoms with Crippen molar-refractivity contribution in [1.29, 1.82) is 0 Å². The first kappa shape index (κ1) is 33.0. The van der Waals surface area contributed by atoms with E-state index in [0.717, 1.165) is 11.4 Å². The van der Waals surface area contributed by atoms with Crippen LogP contribution in [-0.2, 0) is 0 Å². The van der Waals surface area contributed by atoms with Crippen molar-refractivity contribution in [2.24, 2.45) is 0 Å². The smallest absolute Gasteiger partial charge is 0.0547 e. The van der Waals surface area contributed by atoms with Crippen LogP contribution in [0.1, 0.15) is 0 Å². The van der Waals surface area contributed by atoms with E-state index in [-0.39, 0.29) is 0 Å². The summed E-state index contributed by atoms with van der Waals surface area (Å²) in [6, 6.07) is 74.6. The van der Waals surface area contributed by atoms with Crippen LogP contribution in [0, 0.1) is 0 Å². The van der Waals surface area contributed by atoms with Gasteiger partial charge in [-0.1, -0.05) is 140 Å². The highest BCUT2D eigenvalue weighted by Crippen LogP contribution is 2.47. The van der Waals surface area contributed by atoms with E-state index in [0.29, 0.717) is 0 Å². The average molecular weight is 784 g/mol. The molecule has 2 heterocycles. The molecular formula is C56H33NS2. The van der Waals surface area contributed by atoms with Gasteiger partial charge in [-0.25, -0.2) is 0 Å². The second kappa shape index (κ2) is 12.7. The number of thiophene rings is 2. The maximum absolute atomic E-state index is 2.47. The van der Waals surface area contributed by atoms with Gasteiger partial charge in [0.1, 0.15) is 0 Å². The SMILES string of the molecule is c1ccc2cc(N(c3ccc4c(ccc5cc(-c6ccc7sc8ccc9ccccc9c8c7c6)ccc54)c3)c3cc4c5ccccc5sc4c4ccccc34)ccc2c1. The van der Waals surface area contributed by atoms with Crippen molar-refractivity contribution in [3.8, 4) is 11.1 Å². The Bertz CT molecular complexity index is 3870. The van der Waals surface area contributed by atoms with Gasteiger partial charge in [0.15, 0.2) is 0 Å². The van der Waals surface area contributed by atoms with Gasteiger partial charge >= 0.3 is 0 Å². The molecule has 0 aliphatic heterocycles. The van der Waals surface area contributed by atoms with Crippen LogP contribution in [-0.4, -0.2) is 0 Å². The summed E-state index contributed by atoms with van der Waals surface area (Å²) in [5.74, 6) is 0. The third-order valence-electron chi connectivity index (χ3n) is 12.4. The first-order valence-electron chi connectivity index (χ1n) is 20.1. The third kappa shape index (κ3) is 5.09. The van der Waals surface area contributed by atoms with Crippen molar-refractivity contribution in [3.63, 3.8) is 0 Å². The maximum atomic E-state index is 2.47. The molecule has 0 saturated heterocycles. The molecule has 0 amide bonds. The molecule has 2 aromatic heterocycles. The molecule has 274 valence electrons. The van der Waals surface area contributed by atoms with Gasteiger partial charge in [0.25, 0.3) is 0 Å². The van der Waals surface area contributed by atoms with E-state index in [1.54, 1.807) is 0 Å². The molecule has 0 bridgehead atoms. The largest absolute Gasteiger partial charge is 0.310 e. The zero-order chi connectivity index (χ0) is 38.6. The van der Waals surface area contributed by atoms with Crippen LogP contribution in [0.4, 0.5) is 17.1 Å². The number of hydrogen-bond donors (Lipinski definition) is 0. The molecule has 3 heteroatoms. The van der Waals surface area contributed by atoms with Gasteiger partial charge in [-0.15, -0.1) is 22.7 Å². The molecule has 59 heavy (non-hydrogen) atoms. The van der Waals surface area contributed by atoms with Gasteiger partial charge in [0.2, 0.25) is 0 Å². The molecule has 0 unspecified atom stereocenters. The van der Waals surface area contributed by atoms with Gasteiger partial charge < -0.3 is 4.90 Å². The molecule has 1 nitrogen and oxygen atoms in total. The highest BCUT2D eigenvalue weighted by Gasteiger charge is 2.20. The number of anilines is 3. The van der Waals surface area contributed by atoms with Crippen LogP contribution in [0.5, 0.6) is 0 Å². The minimum Gasteiger partial charge on any atom is -0.310 e. The number of rotatable bonds is 4. The molecule has 0 aliphatic rings. The maximum Gasteiger partial charge on any atom is 0.0547 e. The Morgan fingerprint density at radius 1 is 0.288 bits per heavy atom. The van der Waals surface area contributed by atoms with E-state index < -0.39 is 0 Å². The van der Waals surface area contributed by atoms with Crippen LogP contribution in [0.25, 0.3) is 105 Å². The van der Waals surface area contributed by atoms with Gasteiger partial charge in [0, 0.05) is 62.5 Å². The summed E-state index contributed by atoms with van der Waals surface area (Å²) in [5, 5.41) is 17.9. The van der Waals surface area contributed by atoms with E-state index >= 15 is 0 Å². The number of benzene rings is 11. The first-order valence-corrected chi connectivity index (χ1v) is 21.8. The first-order chi connectivity index (χ1) is 29.2. The monoisotopic (exact) mass is 783 g/mol. The standard InChI is InChI=1S/C56H33NS2/c1-2-11-36-30-41(23-19-34(36)9-1)57(51-33-49-47-14-7-8-16-52(47)59-56(49)48-15-6-5-13-46(48)51)42-24-26-44-40(31-42)18-17-39-29-37(20-25-43(39)44)38-22-27-53-50(32-38)55-45-12-4-3-10-35(45)21-28-54(55)58-53/h1-33H. The van der Waals surface area contributed by atoms with Crippen molar-refractivity contribution in [2.45, 2.75) is 0 Å². The number of hydrogen-bond acceptors (Lipinski definition) is 3. The second-order valence-corrected chi connectivity index (χ2v) is 17.8. The lowest BCUT2D eigenvalue weighted by Gasteiger charge is -2.28. The normalized spacial score (nSPS) is 12.1. The molecule has 0 N–H and O–H groups in total. The highest BCUT2D eigenvalue weighted by atomic mass is 32.1. The molecule has 11 aromatic carbocycles. The Labute approximate surface area is 348 Å². The summed E-state index contributed by atoms with van der Waals surface area (Å²) in [6.07, 6.45) is 0. The molecule has 0 atom stereocenters. The van der Waals surface area contributed by atoms with Crippen molar-refractivity contribution in [1.82, 2.24) is 0 Å². The van der Waals surface area contributed by atoms with Crippen LogP contribution >= 0.6 is 22.7 Å². The Kier molecular flexibility index (Phi) is 7.12. The summed E-state index contributed by atoms with van der Waals surface area (Å²) in [6.45, 7) is 0. The zero-order valence-electron chi connectivity index (χ0n) is 31.8. The van der Waals surface area contributed by atoms with Crippen LogP contribution in [0.3, 0.4) is 0 Å². The molecule has 0 fully saturated rings. The molecule has 13 aromatic rings. The third-order valence-corrected chi connectivity index (χ3v) is 14.7. The van der Waals surface area contributed by atoms with E-state index in [9.17, 15) is 0 Å². The molecule has 0 spiro atoms. The topological polar surface area (TPSA) is 3.24 Å². The Balaban J connectivity index is 0.975. The Hall–Kier alpha value is -7.04. The van der Waals surface area contributed by atoms with Crippen LogP contribution < -0.4 is 4.90 Å². The highest BCUT2D eigenvalue weighted by molar-refractivity contribution is 7.27. The van der Waals surface area contributed by atoms with E-state index in [1.165, 1.54) is 111 Å². The lowest BCUT2D eigenvalue weighted by Crippen LogP contribution is -2.10. The molecule has 0 radical (unpaired) electrons. The average Bonchev–Trinajstić information content (AvgIpc) is 3.87. The van der Waals surface area contributed by atoms with Crippen molar-refractivity contribution in [2.75, 3.05) is 4.90 Å². The van der Waals surface area contributed by atoms with Gasteiger partial charge in [0.05, 0.1) is 5.69 Å². The molecular weight excluding hydrogens is 751 g/mol. The van der Waals surface area contributed by atoms with Crippen LogP contribution in [0.15, 0.2) is 200 Å². The molecule has 0 aliphatic carbocycles. The zero-order valence-corrected chi connectivity index (χ0v) is 33.4. The fourth-order valence-electron chi connectivity index (χ4n) is 9.56. The summed E-state index contributed by atoms with van der Waals surface area (Å²) in [7, 11) is 0. The number of nitrogens with zero attached hydrogens (tertiary/aromatic N) is 1. The minimum atomic E-state index is 1.14. The van der Waals surface area contributed by atoms with E-state index in [2.05, 4.69) is 205 Å². The Morgan fingerprint density at radius 3 is 1.73 bits per heavy atom. The molecule has 0 saturated carbocycles. The number of fused-ring (bicyclic) bond motifs is 14.